The molecular weight excluding hydrogens is 403 g/mol. The van der Waals surface area contributed by atoms with Gasteiger partial charge in [-0.25, -0.2) is 8.51 Å². The highest BCUT2D eigenvalue weighted by atomic mass is 35.5. The summed E-state index contributed by atoms with van der Waals surface area (Å²) < 4.78 is 50.6. The standard InChI is InChI=1S/C13H20F3N3O3S2.ClH/c14-13(15,16)24(22,23)18-9-7-17(8-10-18)5-2-6-19-11(20)3-1-4-12(19)21;/h1-10H2;1H. The van der Waals surface area contributed by atoms with E-state index in [0.717, 1.165) is 4.31 Å². The van der Waals surface area contributed by atoms with Gasteiger partial charge in [-0.1, -0.05) is 0 Å². The molecule has 2 heterocycles. The number of piperidine rings is 1. The molecule has 0 spiro atoms. The Morgan fingerprint density at radius 1 is 1.00 bits per heavy atom. The molecule has 0 aromatic heterocycles. The molecule has 0 aromatic carbocycles. The van der Waals surface area contributed by atoms with Crippen molar-refractivity contribution in [2.24, 2.45) is 0 Å². The topological polar surface area (TPSA) is 60.9 Å². The Hall–Kier alpha value is -0.490. The predicted octanol–water partition coefficient (Wildman–Crippen LogP) is 1.14. The fraction of sp³-hybridized carbons (Fsp3) is 0.846. The van der Waals surface area contributed by atoms with Crippen molar-refractivity contribution in [2.75, 3.05) is 39.3 Å². The number of likely N-dealkylation sites (tertiary alicyclic amines) is 1. The molecule has 1 atom stereocenters. The molecular formula is C13H21ClF3N3O3S2. The molecule has 0 aromatic rings. The number of rotatable bonds is 5. The number of imide groups is 1. The molecule has 0 N–H and O–H groups in total. The van der Waals surface area contributed by atoms with Crippen LogP contribution in [0, 0.1) is 0 Å². The van der Waals surface area contributed by atoms with Gasteiger partial charge in [0.15, 0.2) is 8.68 Å². The van der Waals surface area contributed by atoms with Crippen LogP contribution in [0.4, 0.5) is 13.2 Å². The summed E-state index contributed by atoms with van der Waals surface area (Å²) in [5.41, 5.74) is -4.90. The van der Waals surface area contributed by atoms with E-state index in [0.29, 0.717) is 51.9 Å². The van der Waals surface area contributed by atoms with E-state index >= 15 is 0 Å². The molecule has 0 saturated carbocycles. The largest absolute Gasteiger partial charge is 0.486 e. The number of halogens is 4. The summed E-state index contributed by atoms with van der Waals surface area (Å²) >= 11 is 4.27. The third-order valence-electron chi connectivity index (χ3n) is 4.20. The van der Waals surface area contributed by atoms with Gasteiger partial charge in [-0.15, -0.1) is 12.4 Å². The minimum atomic E-state index is -4.90. The van der Waals surface area contributed by atoms with Crippen LogP contribution >= 0.6 is 12.4 Å². The highest BCUT2D eigenvalue weighted by Gasteiger charge is 2.46. The van der Waals surface area contributed by atoms with Crippen LogP contribution in [-0.4, -0.2) is 74.9 Å². The lowest BCUT2D eigenvalue weighted by Crippen LogP contribution is -2.52. The van der Waals surface area contributed by atoms with E-state index in [-0.39, 0.29) is 37.3 Å². The van der Waals surface area contributed by atoms with Gasteiger partial charge in [-0.2, -0.15) is 13.2 Å². The van der Waals surface area contributed by atoms with Crippen molar-refractivity contribution < 1.29 is 27.0 Å². The third kappa shape index (κ3) is 5.49. The second-order valence-electron chi connectivity index (χ2n) is 5.84. The minimum Gasteiger partial charge on any atom is -0.301 e. The summed E-state index contributed by atoms with van der Waals surface area (Å²) in [5, 5.41) is 0. The number of amides is 2. The average Bonchev–Trinajstić information content (AvgIpc) is 2.49. The predicted molar refractivity (Wildman–Crippen MR) is 92.0 cm³/mol. The fourth-order valence-corrected chi connectivity index (χ4v) is 4.23. The number of carbonyl (C=O) groups is 2. The molecule has 2 aliphatic rings. The molecule has 1 unspecified atom stereocenters. The maximum atomic E-state index is 12.7. The van der Waals surface area contributed by atoms with Crippen molar-refractivity contribution in [2.45, 2.75) is 31.2 Å². The lowest BCUT2D eigenvalue weighted by Gasteiger charge is -2.35. The van der Waals surface area contributed by atoms with E-state index in [4.69, 9.17) is 0 Å². The lowest BCUT2D eigenvalue weighted by molar-refractivity contribution is -0.148. The zero-order valence-electron chi connectivity index (χ0n) is 13.5. The van der Waals surface area contributed by atoms with Crippen LogP contribution in [0.3, 0.4) is 0 Å². The van der Waals surface area contributed by atoms with Crippen LogP contribution in [0.2, 0.25) is 0 Å². The number of nitrogens with zero attached hydrogens (tertiary/aromatic N) is 3. The molecule has 0 aliphatic carbocycles. The normalized spacial score (nSPS) is 23.2. The fourth-order valence-electron chi connectivity index (χ4n) is 2.84. The Balaban J connectivity index is 0.00000312. The highest BCUT2D eigenvalue weighted by molar-refractivity contribution is 8.32. The van der Waals surface area contributed by atoms with Crippen LogP contribution in [0.1, 0.15) is 25.7 Å². The number of alkyl halides is 3. The quantitative estimate of drug-likeness (QED) is 0.620. The second kappa shape index (κ2) is 8.94. The lowest BCUT2D eigenvalue weighted by atomic mass is 10.1. The van der Waals surface area contributed by atoms with Gasteiger partial charge in [0.05, 0.1) is 0 Å². The Labute approximate surface area is 155 Å². The smallest absolute Gasteiger partial charge is 0.301 e. The molecule has 146 valence electrons. The van der Waals surface area contributed by atoms with Crippen LogP contribution in [0.25, 0.3) is 0 Å². The van der Waals surface area contributed by atoms with Gasteiger partial charge in [-0.3, -0.25) is 14.5 Å². The van der Waals surface area contributed by atoms with Gasteiger partial charge in [0, 0.05) is 56.8 Å². The monoisotopic (exact) mass is 423 g/mol. The summed E-state index contributed by atoms with van der Waals surface area (Å²) in [7, 11) is -4.43. The van der Waals surface area contributed by atoms with Crippen LogP contribution < -0.4 is 0 Å². The summed E-state index contributed by atoms with van der Waals surface area (Å²) in [6, 6.07) is 0. The number of hydrogen-bond acceptors (Lipinski definition) is 5. The minimum absolute atomic E-state index is 0. The van der Waals surface area contributed by atoms with E-state index in [2.05, 4.69) is 11.2 Å². The van der Waals surface area contributed by atoms with Crippen LogP contribution in [-0.2, 0) is 29.5 Å². The average molecular weight is 424 g/mol. The summed E-state index contributed by atoms with van der Waals surface area (Å²) in [4.78, 5) is 26.5. The first-order chi connectivity index (χ1) is 11.1. The van der Waals surface area contributed by atoms with Crippen molar-refractivity contribution in [3.63, 3.8) is 0 Å². The highest BCUT2D eigenvalue weighted by Crippen LogP contribution is 2.28. The van der Waals surface area contributed by atoms with Crippen molar-refractivity contribution in [1.29, 1.82) is 0 Å². The Morgan fingerprint density at radius 3 is 2.00 bits per heavy atom. The molecule has 25 heavy (non-hydrogen) atoms. The van der Waals surface area contributed by atoms with Crippen molar-refractivity contribution >= 4 is 44.1 Å². The molecule has 2 saturated heterocycles. The first-order valence-electron chi connectivity index (χ1n) is 7.75. The van der Waals surface area contributed by atoms with Crippen molar-refractivity contribution in [3.8, 4) is 0 Å². The first-order valence-corrected chi connectivity index (χ1v) is 10.2. The molecule has 2 amide bonds. The van der Waals surface area contributed by atoms with Gasteiger partial charge in [0.1, 0.15) is 0 Å². The van der Waals surface area contributed by atoms with E-state index < -0.39 is 14.2 Å². The molecule has 2 rings (SSSR count). The number of hydrogen-bond donors (Lipinski definition) is 0. The molecule has 6 nitrogen and oxygen atoms in total. The molecule has 0 radical (unpaired) electrons. The van der Waals surface area contributed by atoms with Gasteiger partial charge in [0.2, 0.25) is 11.8 Å². The van der Waals surface area contributed by atoms with Crippen LogP contribution in [0.5, 0.6) is 0 Å². The van der Waals surface area contributed by atoms with Crippen molar-refractivity contribution in [3.05, 3.63) is 0 Å². The van der Waals surface area contributed by atoms with E-state index in [9.17, 15) is 27.0 Å². The zero-order valence-corrected chi connectivity index (χ0v) is 15.9. The van der Waals surface area contributed by atoms with Gasteiger partial charge >= 0.3 is 5.51 Å². The third-order valence-corrected chi connectivity index (χ3v) is 7.03. The Morgan fingerprint density at radius 2 is 1.52 bits per heavy atom. The molecule has 0 bridgehead atoms. The SMILES string of the molecule is Cl.O=C1CCCC(=O)N1CCCN1CCN(S(=O)(=S)C(F)(F)F)CC1. The van der Waals surface area contributed by atoms with E-state index in [1.54, 1.807) is 0 Å². The van der Waals surface area contributed by atoms with E-state index in [1.807, 2.05) is 4.90 Å². The van der Waals surface area contributed by atoms with Gasteiger partial charge in [-0.05, 0) is 19.4 Å². The maximum Gasteiger partial charge on any atom is 0.486 e. The maximum absolute atomic E-state index is 12.7. The summed E-state index contributed by atoms with van der Waals surface area (Å²) in [6.07, 6.45) is 1.93. The molecule has 2 aliphatic heterocycles. The van der Waals surface area contributed by atoms with Crippen LogP contribution in [0.15, 0.2) is 0 Å². The molecule has 2 fully saturated rings. The van der Waals surface area contributed by atoms with Gasteiger partial charge < -0.3 is 4.90 Å². The summed E-state index contributed by atoms with van der Waals surface area (Å²) in [5.74, 6) is -0.320. The Bertz CT molecular complexity index is 577. The van der Waals surface area contributed by atoms with Gasteiger partial charge in [0.25, 0.3) is 0 Å². The summed E-state index contributed by atoms with van der Waals surface area (Å²) in [6.45, 7) is 1.53. The van der Waals surface area contributed by atoms with Crippen molar-refractivity contribution in [1.82, 2.24) is 14.1 Å². The number of piperazine rings is 1. The first kappa shape index (κ1) is 22.6. The second-order valence-corrected chi connectivity index (χ2v) is 9.12. The molecule has 12 heteroatoms. The zero-order chi connectivity index (χ0) is 18.0. The Kier molecular flexibility index (Phi) is 8.06. The number of carbonyl (C=O) groups excluding carboxylic acids is 2. The van der Waals surface area contributed by atoms with E-state index in [1.165, 1.54) is 4.90 Å².